The molecule has 1 heterocycles. The maximum absolute atomic E-state index is 12.3. The molecular weight excluding hydrogens is 232 g/mol. The Hall–Kier alpha value is -1.96. The maximum atomic E-state index is 12.3. The van der Waals surface area contributed by atoms with Gasteiger partial charge in [-0.3, -0.25) is 4.79 Å². The van der Waals surface area contributed by atoms with E-state index in [1.165, 1.54) is 0 Å². The maximum Gasteiger partial charge on any atom is 0.192 e. The molecule has 2 aromatic rings. The molecule has 2 nitrogen and oxygen atoms in total. The average molecular weight is 240 g/mol. The standard InChI is InChI=1S/C14H8O2S/c15-8-9-5-6-13-11(7-9)14(16)10-3-1-2-4-12(10)17-13/h1-6H,7H2. The largest absolute Gasteiger partial charge is 0.289 e. The second kappa shape index (κ2) is 3.81. The van der Waals surface area contributed by atoms with Crippen molar-refractivity contribution in [1.82, 2.24) is 0 Å². The van der Waals surface area contributed by atoms with Gasteiger partial charge < -0.3 is 0 Å². The highest BCUT2D eigenvalue weighted by molar-refractivity contribution is 7.19. The van der Waals surface area contributed by atoms with E-state index in [1.54, 1.807) is 17.4 Å². The summed E-state index contributed by atoms with van der Waals surface area (Å²) in [7, 11) is 0. The van der Waals surface area contributed by atoms with Crippen molar-refractivity contribution in [3.8, 4) is 0 Å². The highest BCUT2D eigenvalue weighted by Gasteiger charge is 2.15. The van der Waals surface area contributed by atoms with Crippen LogP contribution in [-0.4, -0.2) is 5.94 Å². The first-order chi connectivity index (χ1) is 8.29. The number of hydrogen-bond donors (Lipinski definition) is 0. The minimum Gasteiger partial charge on any atom is -0.289 e. The van der Waals surface area contributed by atoms with Crippen molar-refractivity contribution in [3.63, 3.8) is 0 Å². The van der Waals surface area contributed by atoms with Crippen LogP contribution in [0, 0.1) is 0 Å². The molecule has 0 unspecified atom stereocenters. The molecule has 1 aromatic heterocycles. The molecule has 0 amide bonds. The van der Waals surface area contributed by atoms with Crippen molar-refractivity contribution < 1.29 is 4.79 Å². The lowest BCUT2D eigenvalue weighted by atomic mass is 9.99. The van der Waals surface area contributed by atoms with Crippen LogP contribution in [0.2, 0.25) is 0 Å². The topological polar surface area (TPSA) is 34.1 Å². The Morgan fingerprint density at radius 2 is 2.00 bits per heavy atom. The van der Waals surface area contributed by atoms with Gasteiger partial charge in [-0.05, 0) is 24.3 Å². The Kier molecular flexibility index (Phi) is 2.29. The summed E-state index contributed by atoms with van der Waals surface area (Å²) in [6, 6.07) is 7.56. The zero-order valence-corrected chi connectivity index (χ0v) is 9.71. The Balaban J connectivity index is 2.40. The van der Waals surface area contributed by atoms with Crippen LogP contribution in [0.1, 0.15) is 10.4 Å². The van der Waals surface area contributed by atoms with Gasteiger partial charge in [0.1, 0.15) is 5.94 Å². The molecule has 0 atom stereocenters. The summed E-state index contributed by atoms with van der Waals surface area (Å²) in [5.74, 6) is 1.87. The molecule has 0 aliphatic heterocycles. The molecule has 0 spiro atoms. The van der Waals surface area contributed by atoms with Crippen molar-refractivity contribution >= 4 is 33.4 Å². The highest BCUT2D eigenvalue weighted by atomic mass is 32.1. The molecule has 0 bridgehead atoms. The van der Waals surface area contributed by atoms with Crippen LogP contribution in [0.5, 0.6) is 0 Å². The van der Waals surface area contributed by atoms with Gasteiger partial charge in [0.15, 0.2) is 5.43 Å². The van der Waals surface area contributed by atoms with Gasteiger partial charge >= 0.3 is 0 Å². The number of benzene rings is 1. The Bertz CT molecular complexity index is 746. The highest BCUT2D eigenvalue weighted by Crippen LogP contribution is 2.27. The molecule has 1 aliphatic rings. The first-order valence-electron chi connectivity index (χ1n) is 5.26. The minimum atomic E-state index is 0.0338. The fourth-order valence-corrected chi connectivity index (χ4v) is 3.07. The van der Waals surface area contributed by atoms with E-state index in [9.17, 15) is 9.59 Å². The molecule has 0 fully saturated rings. The summed E-state index contributed by atoms with van der Waals surface area (Å²) in [5, 5.41) is 0.733. The van der Waals surface area contributed by atoms with Gasteiger partial charge in [-0.1, -0.05) is 12.1 Å². The summed E-state index contributed by atoms with van der Waals surface area (Å²) in [6.07, 6.45) is 3.97. The Labute approximate surface area is 102 Å². The molecule has 1 aromatic carbocycles. The fourth-order valence-electron chi connectivity index (χ4n) is 2.00. The van der Waals surface area contributed by atoms with Gasteiger partial charge in [-0.15, -0.1) is 11.3 Å². The minimum absolute atomic E-state index is 0.0338. The van der Waals surface area contributed by atoms with Crippen molar-refractivity contribution in [3.05, 3.63) is 56.6 Å². The van der Waals surface area contributed by atoms with Crippen LogP contribution in [0.25, 0.3) is 16.2 Å². The predicted octanol–water partition coefficient (Wildman–Crippen LogP) is 2.59. The number of hydrogen-bond acceptors (Lipinski definition) is 3. The number of rotatable bonds is 0. The molecule has 1 aliphatic carbocycles. The van der Waals surface area contributed by atoms with E-state index >= 15 is 0 Å². The van der Waals surface area contributed by atoms with Crippen LogP contribution in [0.4, 0.5) is 0 Å². The van der Waals surface area contributed by atoms with Crippen molar-refractivity contribution in [2.45, 2.75) is 6.42 Å². The van der Waals surface area contributed by atoms with Crippen LogP contribution in [0.15, 0.2) is 40.7 Å². The Morgan fingerprint density at radius 3 is 2.82 bits per heavy atom. The number of allylic oxidation sites excluding steroid dienone is 2. The zero-order chi connectivity index (χ0) is 11.8. The lowest BCUT2D eigenvalue weighted by Gasteiger charge is -2.10. The van der Waals surface area contributed by atoms with Gasteiger partial charge in [-0.2, -0.15) is 0 Å². The van der Waals surface area contributed by atoms with E-state index in [1.807, 2.05) is 36.3 Å². The van der Waals surface area contributed by atoms with Crippen LogP contribution >= 0.6 is 11.3 Å². The van der Waals surface area contributed by atoms with Crippen LogP contribution in [-0.2, 0) is 11.2 Å². The van der Waals surface area contributed by atoms with Crippen LogP contribution in [0.3, 0.4) is 0 Å². The lowest BCUT2D eigenvalue weighted by Crippen LogP contribution is -2.13. The smallest absolute Gasteiger partial charge is 0.192 e. The van der Waals surface area contributed by atoms with Crippen molar-refractivity contribution in [2.24, 2.45) is 0 Å². The summed E-state index contributed by atoms with van der Waals surface area (Å²) >= 11 is 1.59. The lowest BCUT2D eigenvalue weighted by molar-refractivity contribution is 0.567. The molecule has 17 heavy (non-hydrogen) atoms. The van der Waals surface area contributed by atoms with E-state index in [0.717, 1.165) is 20.5 Å². The van der Waals surface area contributed by atoms with Gasteiger partial charge in [0, 0.05) is 32.5 Å². The fraction of sp³-hybridized carbons (Fsp3) is 0.0714. The van der Waals surface area contributed by atoms with E-state index in [4.69, 9.17) is 0 Å². The molecular formula is C14H8O2S. The first kappa shape index (κ1) is 10.2. The molecule has 0 radical (unpaired) electrons. The van der Waals surface area contributed by atoms with Gasteiger partial charge in [0.05, 0.1) is 0 Å². The van der Waals surface area contributed by atoms with Gasteiger partial charge in [-0.25, -0.2) is 4.79 Å². The van der Waals surface area contributed by atoms with E-state index in [2.05, 4.69) is 0 Å². The third kappa shape index (κ3) is 1.57. The summed E-state index contributed by atoms with van der Waals surface area (Å²) in [5.41, 5.74) is 1.29. The summed E-state index contributed by atoms with van der Waals surface area (Å²) < 4.78 is 0.986. The number of fused-ring (bicyclic) bond motifs is 2. The monoisotopic (exact) mass is 240 g/mol. The number of carbonyl (C=O) groups excluding carboxylic acids is 1. The molecule has 3 rings (SSSR count). The normalized spacial score (nSPS) is 13.5. The average Bonchev–Trinajstić information content (AvgIpc) is 2.39. The predicted molar refractivity (Wildman–Crippen MR) is 70.0 cm³/mol. The third-order valence-corrected chi connectivity index (χ3v) is 4.04. The zero-order valence-electron chi connectivity index (χ0n) is 8.90. The Morgan fingerprint density at radius 1 is 1.18 bits per heavy atom. The molecule has 0 N–H and O–H groups in total. The second-order valence-electron chi connectivity index (χ2n) is 3.91. The quantitative estimate of drug-likeness (QED) is 0.663. The molecule has 82 valence electrons. The first-order valence-corrected chi connectivity index (χ1v) is 6.08. The van der Waals surface area contributed by atoms with Crippen molar-refractivity contribution in [1.29, 1.82) is 0 Å². The second-order valence-corrected chi connectivity index (χ2v) is 4.99. The SMILES string of the molecule is O=C=C1C=Cc2sc3ccccc3c(=O)c2C1. The van der Waals surface area contributed by atoms with E-state index < -0.39 is 0 Å². The molecule has 3 heteroatoms. The van der Waals surface area contributed by atoms with E-state index in [-0.39, 0.29) is 5.43 Å². The summed E-state index contributed by atoms with van der Waals surface area (Å²) in [6.45, 7) is 0. The molecule has 0 saturated heterocycles. The van der Waals surface area contributed by atoms with Gasteiger partial charge in [0.2, 0.25) is 0 Å². The van der Waals surface area contributed by atoms with E-state index in [0.29, 0.717) is 12.0 Å². The van der Waals surface area contributed by atoms with Crippen molar-refractivity contribution in [2.75, 3.05) is 0 Å². The molecule has 0 saturated carbocycles. The third-order valence-electron chi connectivity index (χ3n) is 2.86. The summed E-state index contributed by atoms with van der Waals surface area (Å²) in [4.78, 5) is 23.8. The van der Waals surface area contributed by atoms with Gasteiger partial charge in [0.25, 0.3) is 0 Å². The van der Waals surface area contributed by atoms with Crippen LogP contribution < -0.4 is 5.43 Å².